The molecule has 0 spiro atoms. The number of aromatic nitrogens is 1. The summed E-state index contributed by atoms with van der Waals surface area (Å²) < 4.78 is 5.38. The van der Waals surface area contributed by atoms with E-state index in [1.54, 1.807) is 31.6 Å². The van der Waals surface area contributed by atoms with Gasteiger partial charge in [-0.25, -0.2) is 0 Å². The number of fused-ring (bicyclic) bond motifs is 1. The van der Waals surface area contributed by atoms with Crippen LogP contribution in [0, 0.1) is 0 Å². The van der Waals surface area contributed by atoms with E-state index in [0.29, 0.717) is 11.3 Å². The Morgan fingerprint density at radius 1 is 1.20 bits per heavy atom. The lowest BCUT2D eigenvalue weighted by Crippen LogP contribution is -2.14. The molecule has 102 valence electrons. The second kappa shape index (κ2) is 5.33. The molecule has 1 N–H and O–H groups in total. The van der Waals surface area contributed by atoms with Crippen molar-refractivity contribution in [2.75, 3.05) is 12.4 Å². The molecule has 1 aromatic carbocycles. The molecule has 4 heteroatoms. The van der Waals surface area contributed by atoms with Crippen LogP contribution in [0.2, 0.25) is 0 Å². The number of benzene rings is 1. The average Bonchev–Trinajstić information content (AvgIpc) is 2.97. The van der Waals surface area contributed by atoms with Crippen molar-refractivity contribution in [1.29, 1.82) is 0 Å². The third kappa shape index (κ3) is 2.25. The summed E-state index contributed by atoms with van der Waals surface area (Å²) in [5.74, 6) is 0.582. The topological polar surface area (TPSA) is 51.2 Å². The summed E-state index contributed by atoms with van der Waals surface area (Å²) in [6.07, 6.45) is 6.40. The Labute approximate surface area is 117 Å². The minimum absolute atomic E-state index is 0.133. The number of nitrogens with one attached hydrogen (secondary N) is 1. The fourth-order valence-corrected chi connectivity index (χ4v) is 2.64. The average molecular weight is 268 g/mol. The van der Waals surface area contributed by atoms with Gasteiger partial charge in [0.15, 0.2) is 0 Å². The maximum absolute atomic E-state index is 12.3. The third-order valence-corrected chi connectivity index (χ3v) is 3.65. The summed E-state index contributed by atoms with van der Waals surface area (Å²) >= 11 is 0. The number of rotatable bonds is 3. The van der Waals surface area contributed by atoms with E-state index in [4.69, 9.17) is 4.74 Å². The van der Waals surface area contributed by atoms with Gasteiger partial charge >= 0.3 is 0 Å². The number of nitrogens with zero attached hydrogens (tertiary/aromatic N) is 1. The fraction of sp³-hybridized carbons (Fsp3) is 0.250. The quantitative estimate of drug-likeness (QED) is 0.931. The number of aryl methyl sites for hydroxylation is 1. The van der Waals surface area contributed by atoms with E-state index in [1.807, 2.05) is 6.07 Å². The van der Waals surface area contributed by atoms with Crippen LogP contribution in [0.1, 0.15) is 27.9 Å². The van der Waals surface area contributed by atoms with Gasteiger partial charge in [0.2, 0.25) is 0 Å². The highest BCUT2D eigenvalue weighted by molar-refractivity contribution is 6.05. The third-order valence-electron chi connectivity index (χ3n) is 3.65. The Hall–Kier alpha value is -2.36. The van der Waals surface area contributed by atoms with Crippen LogP contribution in [0.3, 0.4) is 0 Å². The predicted molar refractivity (Wildman–Crippen MR) is 77.2 cm³/mol. The van der Waals surface area contributed by atoms with E-state index in [9.17, 15) is 4.79 Å². The molecule has 2 aromatic rings. The highest BCUT2D eigenvalue weighted by Gasteiger charge is 2.20. The SMILES string of the molecule is COc1ccc2c(c1NC(=O)c1ccncc1)CCC2. The summed E-state index contributed by atoms with van der Waals surface area (Å²) in [4.78, 5) is 16.2. The number of hydrogen-bond acceptors (Lipinski definition) is 3. The van der Waals surface area contributed by atoms with Crippen LogP contribution < -0.4 is 10.1 Å². The molecule has 3 rings (SSSR count). The van der Waals surface area contributed by atoms with Crippen LogP contribution in [0.4, 0.5) is 5.69 Å². The molecule has 0 aliphatic heterocycles. The van der Waals surface area contributed by atoms with Crippen molar-refractivity contribution in [3.63, 3.8) is 0 Å². The minimum Gasteiger partial charge on any atom is -0.495 e. The zero-order chi connectivity index (χ0) is 13.9. The maximum atomic E-state index is 12.3. The highest BCUT2D eigenvalue weighted by atomic mass is 16.5. The lowest BCUT2D eigenvalue weighted by molar-refractivity contribution is 0.102. The molecule has 1 aliphatic carbocycles. The van der Waals surface area contributed by atoms with Crippen molar-refractivity contribution < 1.29 is 9.53 Å². The molecular weight excluding hydrogens is 252 g/mol. The molecule has 1 amide bonds. The van der Waals surface area contributed by atoms with Gasteiger partial charge in [0.25, 0.3) is 5.91 Å². The largest absolute Gasteiger partial charge is 0.495 e. The molecule has 0 saturated heterocycles. The molecule has 20 heavy (non-hydrogen) atoms. The number of methoxy groups -OCH3 is 1. The normalized spacial score (nSPS) is 12.8. The second-order valence-corrected chi connectivity index (χ2v) is 4.82. The van der Waals surface area contributed by atoms with Crippen molar-refractivity contribution >= 4 is 11.6 Å². The van der Waals surface area contributed by atoms with E-state index >= 15 is 0 Å². The fourth-order valence-electron chi connectivity index (χ4n) is 2.64. The van der Waals surface area contributed by atoms with Gasteiger partial charge in [-0.1, -0.05) is 6.07 Å². The van der Waals surface area contributed by atoms with E-state index < -0.39 is 0 Å². The molecule has 0 atom stereocenters. The minimum atomic E-state index is -0.133. The van der Waals surface area contributed by atoms with Gasteiger partial charge in [0, 0.05) is 18.0 Å². The molecule has 1 aliphatic rings. The van der Waals surface area contributed by atoms with E-state index in [1.165, 1.54) is 11.1 Å². The summed E-state index contributed by atoms with van der Waals surface area (Å²) in [5, 5.41) is 2.99. The van der Waals surface area contributed by atoms with Crippen molar-refractivity contribution in [3.8, 4) is 5.75 Å². The van der Waals surface area contributed by atoms with Crippen LogP contribution in [0.25, 0.3) is 0 Å². The van der Waals surface area contributed by atoms with Gasteiger partial charge < -0.3 is 10.1 Å². The molecule has 0 bridgehead atoms. The molecule has 0 radical (unpaired) electrons. The van der Waals surface area contributed by atoms with Crippen molar-refractivity contribution in [1.82, 2.24) is 4.98 Å². The van der Waals surface area contributed by atoms with Crippen LogP contribution in [0.15, 0.2) is 36.7 Å². The summed E-state index contributed by atoms with van der Waals surface area (Å²) in [7, 11) is 1.62. The first-order valence-corrected chi connectivity index (χ1v) is 6.69. The molecule has 1 heterocycles. The first-order chi connectivity index (χ1) is 9.79. The van der Waals surface area contributed by atoms with Crippen molar-refractivity contribution in [3.05, 3.63) is 53.3 Å². The monoisotopic (exact) mass is 268 g/mol. The van der Waals surface area contributed by atoms with Gasteiger partial charge in [-0.05, 0) is 48.6 Å². The predicted octanol–water partition coefficient (Wildman–Crippen LogP) is 2.83. The number of pyridine rings is 1. The Kier molecular flexibility index (Phi) is 3.37. The van der Waals surface area contributed by atoms with Crippen molar-refractivity contribution in [2.24, 2.45) is 0 Å². The molecule has 0 fully saturated rings. The molecule has 1 aromatic heterocycles. The highest BCUT2D eigenvalue weighted by Crippen LogP contribution is 2.36. The molecule has 0 unspecified atom stereocenters. The second-order valence-electron chi connectivity index (χ2n) is 4.82. The van der Waals surface area contributed by atoms with Gasteiger partial charge in [-0.15, -0.1) is 0 Å². The molecule has 0 saturated carbocycles. The van der Waals surface area contributed by atoms with Gasteiger partial charge in [0.1, 0.15) is 5.75 Å². The molecular formula is C16H16N2O2. The zero-order valence-electron chi connectivity index (χ0n) is 11.3. The van der Waals surface area contributed by atoms with E-state index in [-0.39, 0.29) is 5.91 Å². The Balaban J connectivity index is 1.94. The van der Waals surface area contributed by atoms with Crippen LogP contribution in [-0.2, 0) is 12.8 Å². The van der Waals surface area contributed by atoms with Gasteiger partial charge in [0.05, 0.1) is 12.8 Å². The number of carbonyl (C=O) groups excluding carboxylic acids is 1. The Morgan fingerprint density at radius 2 is 2.00 bits per heavy atom. The van der Waals surface area contributed by atoms with Gasteiger partial charge in [-0.3, -0.25) is 9.78 Å². The number of carbonyl (C=O) groups is 1. The van der Waals surface area contributed by atoms with Crippen LogP contribution >= 0.6 is 0 Å². The summed E-state index contributed by atoms with van der Waals surface area (Å²) in [6.45, 7) is 0. The Bertz CT molecular complexity index is 638. The number of ether oxygens (including phenoxy) is 1. The van der Waals surface area contributed by atoms with Crippen LogP contribution in [-0.4, -0.2) is 18.0 Å². The number of anilines is 1. The van der Waals surface area contributed by atoms with E-state index in [0.717, 1.165) is 24.9 Å². The summed E-state index contributed by atoms with van der Waals surface area (Å²) in [6, 6.07) is 7.41. The smallest absolute Gasteiger partial charge is 0.255 e. The zero-order valence-corrected chi connectivity index (χ0v) is 11.3. The molecule has 4 nitrogen and oxygen atoms in total. The number of amides is 1. The first-order valence-electron chi connectivity index (χ1n) is 6.69. The van der Waals surface area contributed by atoms with Crippen LogP contribution in [0.5, 0.6) is 5.75 Å². The Morgan fingerprint density at radius 3 is 2.75 bits per heavy atom. The van der Waals surface area contributed by atoms with Crippen molar-refractivity contribution in [2.45, 2.75) is 19.3 Å². The summed E-state index contributed by atoms with van der Waals surface area (Å²) in [5.41, 5.74) is 3.91. The lowest BCUT2D eigenvalue weighted by atomic mass is 10.1. The standard InChI is InChI=1S/C16H16N2O2/c1-20-14-6-5-11-3-2-4-13(11)15(14)18-16(19)12-7-9-17-10-8-12/h5-10H,2-4H2,1H3,(H,18,19). The van der Waals surface area contributed by atoms with Gasteiger partial charge in [-0.2, -0.15) is 0 Å². The van der Waals surface area contributed by atoms with E-state index in [2.05, 4.69) is 16.4 Å². The lowest BCUT2D eigenvalue weighted by Gasteiger charge is -2.14. The first kappa shape index (κ1) is 12.7. The maximum Gasteiger partial charge on any atom is 0.255 e. The number of hydrogen-bond donors (Lipinski definition) is 1.